The van der Waals surface area contributed by atoms with Crippen molar-refractivity contribution in [3.05, 3.63) is 89.9 Å². The van der Waals surface area contributed by atoms with Gasteiger partial charge in [-0.1, -0.05) is 36.4 Å². The highest BCUT2D eigenvalue weighted by atomic mass is 16.5. The van der Waals surface area contributed by atoms with Crippen molar-refractivity contribution < 1.29 is 9.53 Å². The van der Waals surface area contributed by atoms with Gasteiger partial charge in [0.1, 0.15) is 12.1 Å². The van der Waals surface area contributed by atoms with Crippen molar-refractivity contribution in [2.45, 2.75) is 13.0 Å². The molecule has 0 unspecified atom stereocenters. The van der Waals surface area contributed by atoms with Crippen molar-refractivity contribution >= 4 is 16.8 Å². The molecule has 1 aliphatic heterocycles. The van der Waals surface area contributed by atoms with E-state index in [1.165, 1.54) is 17.3 Å². The summed E-state index contributed by atoms with van der Waals surface area (Å²) < 4.78 is 7.13. The van der Waals surface area contributed by atoms with E-state index in [0.717, 1.165) is 34.5 Å². The molecule has 0 fully saturated rings. The number of hydrogen-bond donors (Lipinski definition) is 1. The molecular formula is C26H22N6O2. The molecule has 0 saturated carbocycles. The van der Waals surface area contributed by atoms with Gasteiger partial charge in [-0.3, -0.25) is 4.79 Å². The summed E-state index contributed by atoms with van der Waals surface area (Å²) in [4.78, 5) is 19.1. The molecule has 168 valence electrons. The SMILES string of the molecule is COc1ccccc1-c1cc(C(=O)N2CCc3c([nH]c4ccccc34)C2)cc(-n2cnnn2)c1. The van der Waals surface area contributed by atoms with Crippen LogP contribution in [0.3, 0.4) is 0 Å². The molecule has 5 aromatic rings. The molecule has 6 rings (SSSR count). The zero-order chi connectivity index (χ0) is 23.1. The topological polar surface area (TPSA) is 88.9 Å². The number of amides is 1. The van der Waals surface area contributed by atoms with Crippen LogP contribution >= 0.6 is 0 Å². The first-order valence-corrected chi connectivity index (χ1v) is 11.1. The number of carbonyl (C=O) groups is 1. The summed E-state index contributed by atoms with van der Waals surface area (Å²) in [6.07, 6.45) is 2.34. The van der Waals surface area contributed by atoms with Crippen LogP contribution in [0.2, 0.25) is 0 Å². The second kappa shape index (κ2) is 8.15. The van der Waals surface area contributed by atoms with Gasteiger partial charge in [0.25, 0.3) is 5.91 Å². The van der Waals surface area contributed by atoms with E-state index < -0.39 is 0 Å². The lowest BCUT2D eigenvalue weighted by molar-refractivity contribution is 0.0733. The van der Waals surface area contributed by atoms with Gasteiger partial charge >= 0.3 is 0 Å². The first-order chi connectivity index (χ1) is 16.7. The maximum absolute atomic E-state index is 13.7. The average Bonchev–Trinajstić information content (AvgIpc) is 3.56. The largest absolute Gasteiger partial charge is 0.496 e. The number of H-pyrrole nitrogens is 1. The Balaban J connectivity index is 1.40. The van der Waals surface area contributed by atoms with Crippen LogP contribution < -0.4 is 4.74 Å². The third-order valence-electron chi connectivity index (χ3n) is 6.37. The fraction of sp³-hybridized carbons (Fsp3) is 0.154. The number of benzene rings is 3. The van der Waals surface area contributed by atoms with E-state index >= 15 is 0 Å². The third-order valence-corrected chi connectivity index (χ3v) is 6.37. The monoisotopic (exact) mass is 450 g/mol. The van der Waals surface area contributed by atoms with Crippen molar-refractivity contribution in [2.24, 2.45) is 0 Å². The van der Waals surface area contributed by atoms with E-state index in [9.17, 15) is 4.79 Å². The Bertz CT molecular complexity index is 1510. The molecule has 0 spiro atoms. The number of nitrogens with one attached hydrogen (secondary N) is 1. The van der Waals surface area contributed by atoms with Gasteiger partial charge < -0.3 is 14.6 Å². The molecule has 1 aliphatic rings. The molecule has 0 bridgehead atoms. The Morgan fingerprint density at radius 1 is 1.06 bits per heavy atom. The summed E-state index contributed by atoms with van der Waals surface area (Å²) in [6.45, 7) is 1.20. The predicted molar refractivity (Wildman–Crippen MR) is 128 cm³/mol. The van der Waals surface area contributed by atoms with E-state index in [1.54, 1.807) is 11.8 Å². The van der Waals surface area contributed by atoms with Crippen molar-refractivity contribution in [3.8, 4) is 22.6 Å². The number of aromatic nitrogens is 5. The van der Waals surface area contributed by atoms with Crippen LogP contribution in [-0.4, -0.2) is 49.7 Å². The van der Waals surface area contributed by atoms with E-state index in [0.29, 0.717) is 24.3 Å². The Labute approximate surface area is 195 Å². The van der Waals surface area contributed by atoms with Gasteiger partial charge in [-0.2, -0.15) is 0 Å². The van der Waals surface area contributed by atoms with Gasteiger partial charge in [0.05, 0.1) is 19.3 Å². The predicted octanol–water partition coefficient (Wildman–Crippen LogP) is 4.02. The Morgan fingerprint density at radius 3 is 2.76 bits per heavy atom. The summed E-state index contributed by atoms with van der Waals surface area (Å²) in [5, 5.41) is 12.8. The fourth-order valence-corrected chi connectivity index (χ4v) is 4.73. The van der Waals surface area contributed by atoms with Crippen LogP contribution in [0, 0.1) is 0 Å². The molecule has 1 amide bonds. The van der Waals surface area contributed by atoms with Crippen LogP contribution in [0.4, 0.5) is 0 Å². The van der Waals surface area contributed by atoms with E-state index in [2.05, 4.69) is 38.7 Å². The molecule has 2 aromatic heterocycles. The molecule has 0 radical (unpaired) electrons. The molecule has 8 nitrogen and oxygen atoms in total. The normalized spacial score (nSPS) is 13.1. The van der Waals surface area contributed by atoms with Gasteiger partial charge in [0, 0.05) is 34.3 Å². The van der Waals surface area contributed by atoms with Crippen LogP contribution in [0.1, 0.15) is 21.6 Å². The second-order valence-corrected chi connectivity index (χ2v) is 8.33. The van der Waals surface area contributed by atoms with Crippen LogP contribution in [0.15, 0.2) is 73.1 Å². The lowest BCUT2D eigenvalue weighted by Gasteiger charge is -2.27. The van der Waals surface area contributed by atoms with Crippen LogP contribution in [-0.2, 0) is 13.0 Å². The minimum atomic E-state index is -0.0321. The van der Waals surface area contributed by atoms with Gasteiger partial charge in [-0.25, -0.2) is 4.68 Å². The van der Waals surface area contributed by atoms with E-state index in [1.807, 2.05) is 53.4 Å². The highest BCUT2D eigenvalue weighted by molar-refractivity contribution is 5.97. The Morgan fingerprint density at radius 2 is 1.91 bits per heavy atom. The molecule has 34 heavy (non-hydrogen) atoms. The van der Waals surface area contributed by atoms with Crippen LogP contribution in [0.5, 0.6) is 5.75 Å². The number of nitrogens with zero attached hydrogens (tertiary/aromatic N) is 5. The number of carbonyl (C=O) groups excluding carboxylic acids is 1. The third kappa shape index (κ3) is 3.40. The first kappa shape index (κ1) is 20.2. The Kier molecular flexibility index (Phi) is 4.83. The smallest absolute Gasteiger partial charge is 0.254 e. The zero-order valence-corrected chi connectivity index (χ0v) is 18.6. The minimum Gasteiger partial charge on any atom is -0.496 e. The summed E-state index contributed by atoms with van der Waals surface area (Å²) in [6, 6.07) is 21.7. The van der Waals surface area contributed by atoms with Gasteiger partial charge in [0.2, 0.25) is 0 Å². The van der Waals surface area contributed by atoms with Gasteiger partial charge in [-0.15, -0.1) is 5.10 Å². The zero-order valence-electron chi connectivity index (χ0n) is 18.6. The molecule has 0 saturated heterocycles. The standard InChI is InChI=1S/C26H22N6O2/c1-34-25-9-5-3-6-20(25)17-12-18(14-19(13-17)32-16-27-29-30-32)26(33)31-11-10-22-21-7-2-4-8-23(21)28-24(22)15-31/h2-9,12-14,16,28H,10-11,15H2,1H3. The number of hydrogen-bond acceptors (Lipinski definition) is 5. The molecule has 3 heterocycles. The summed E-state index contributed by atoms with van der Waals surface area (Å²) >= 11 is 0. The van der Waals surface area contributed by atoms with Gasteiger partial charge in [-0.05, 0) is 58.3 Å². The number of tetrazole rings is 1. The summed E-state index contributed by atoms with van der Waals surface area (Å²) in [5.41, 5.74) is 6.55. The number of ether oxygens (including phenoxy) is 1. The first-order valence-electron chi connectivity index (χ1n) is 11.1. The maximum Gasteiger partial charge on any atom is 0.254 e. The maximum atomic E-state index is 13.7. The van der Waals surface area contributed by atoms with E-state index in [4.69, 9.17) is 4.74 Å². The van der Waals surface area contributed by atoms with Gasteiger partial charge in [0.15, 0.2) is 0 Å². The molecule has 1 N–H and O–H groups in total. The number of methoxy groups -OCH3 is 1. The number of para-hydroxylation sites is 2. The average molecular weight is 451 g/mol. The summed E-state index contributed by atoms with van der Waals surface area (Å²) in [7, 11) is 1.64. The van der Waals surface area contributed by atoms with Crippen molar-refractivity contribution in [1.82, 2.24) is 30.1 Å². The molecule has 8 heteroatoms. The second-order valence-electron chi connectivity index (χ2n) is 8.33. The quantitative estimate of drug-likeness (QED) is 0.447. The molecule has 0 aliphatic carbocycles. The fourth-order valence-electron chi connectivity index (χ4n) is 4.73. The van der Waals surface area contributed by atoms with Crippen molar-refractivity contribution in [3.63, 3.8) is 0 Å². The molecule has 3 aromatic carbocycles. The van der Waals surface area contributed by atoms with Crippen LogP contribution in [0.25, 0.3) is 27.7 Å². The lowest BCUT2D eigenvalue weighted by Crippen LogP contribution is -2.36. The van der Waals surface area contributed by atoms with Crippen molar-refractivity contribution in [1.29, 1.82) is 0 Å². The number of fused-ring (bicyclic) bond motifs is 3. The molecule has 0 atom stereocenters. The lowest BCUT2D eigenvalue weighted by atomic mass is 9.99. The number of rotatable bonds is 4. The van der Waals surface area contributed by atoms with Crippen molar-refractivity contribution in [2.75, 3.05) is 13.7 Å². The number of aromatic amines is 1. The minimum absolute atomic E-state index is 0.0321. The highest BCUT2D eigenvalue weighted by Crippen LogP contribution is 2.33. The Hall–Kier alpha value is -4.46. The summed E-state index contributed by atoms with van der Waals surface area (Å²) in [5.74, 6) is 0.700. The van der Waals surface area contributed by atoms with E-state index in [-0.39, 0.29) is 5.91 Å². The molecular weight excluding hydrogens is 428 g/mol. The highest BCUT2D eigenvalue weighted by Gasteiger charge is 2.25.